The molecule has 1 heterocycles. The monoisotopic (exact) mass is 336 g/mol. The number of nitrogens with one attached hydrogen (secondary N) is 1. The highest BCUT2D eigenvalue weighted by molar-refractivity contribution is 9.10. The number of halogens is 1. The molecule has 1 saturated carbocycles. The van der Waals surface area contributed by atoms with Crippen molar-refractivity contribution in [1.29, 1.82) is 0 Å². The van der Waals surface area contributed by atoms with Gasteiger partial charge in [-0.3, -0.25) is 4.90 Å². The molecule has 1 aromatic rings. The molecule has 0 amide bonds. The molecule has 1 aliphatic carbocycles. The van der Waals surface area contributed by atoms with Gasteiger partial charge in [-0.1, -0.05) is 34.5 Å². The van der Waals surface area contributed by atoms with Crippen LogP contribution in [0.1, 0.15) is 50.6 Å². The van der Waals surface area contributed by atoms with E-state index in [1.807, 2.05) is 0 Å². The third-order valence-corrected chi connectivity index (χ3v) is 5.24. The Morgan fingerprint density at radius 1 is 1.20 bits per heavy atom. The van der Waals surface area contributed by atoms with Gasteiger partial charge in [0.05, 0.1) is 0 Å². The van der Waals surface area contributed by atoms with E-state index in [0.717, 1.165) is 6.04 Å². The average Bonchev–Trinajstić information content (AvgIpc) is 3.30. The minimum atomic E-state index is 0.527. The first kappa shape index (κ1) is 14.6. The summed E-state index contributed by atoms with van der Waals surface area (Å²) in [6.45, 7) is 4.78. The van der Waals surface area contributed by atoms with Crippen molar-refractivity contribution in [2.45, 2.75) is 57.2 Å². The number of hydrogen-bond donors (Lipinski definition) is 1. The van der Waals surface area contributed by atoms with E-state index in [1.165, 1.54) is 55.2 Å². The summed E-state index contributed by atoms with van der Waals surface area (Å²) >= 11 is 3.53. The van der Waals surface area contributed by atoms with Gasteiger partial charge in [0, 0.05) is 29.1 Å². The molecule has 1 aromatic carbocycles. The maximum Gasteiger partial charge on any atom is 0.0323 e. The van der Waals surface area contributed by atoms with Crippen LogP contribution >= 0.6 is 15.9 Å². The van der Waals surface area contributed by atoms with Crippen molar-refractivity contribution < 1.29 is 0 Å². The van der Waals surface area contributed by atoms with E-state index in [-0.39, 0.29) is 0 Å². The molecule has 3 rings (SSSR count). The first-order valence-corrected chi connectivity index (χ1v) is 8.78. The molecule has 0 aromatic heterocycles. The van der Waals surface area contributed by atoms with E-state index in [2.05, 4.69) is 57.3 Å². The lowest BCUT2D eigenvalue weighted by Gasteiger charge is -2.35. The number of benzene rings is 1. The predicted molar refractivity (Wildman–Crippen MR) is 87.9 cm³/mol. The van der Waals surface area contributed by atoms with Gasteiger partial charge in [-0.05, 0) is 56.8 Å². The molecule has 0 radical (unpaired) electrons. The van der Waals surface area contributed by atoms with Crippen molar-refractivity contribution in [2.24, 2.45) is 0 Å². The van der Waals surface area contributed by atoms with Gasteiger partial charge in [-0.15, -0.1) is 0 Å². The summed E-state index contributed by atoms with van der Waals surface area (Å²) in [5, 5.41) is 3.70. The zero-order valence-corrected chi connectivity index (χ0v) is 13.9. The second-order valence-corrected chi connectivity index (χ2v) is 7.22. The molecule has 0 spiro atoms. The van der Waals surface area contributed by atoms with Gasteiger partial charge in [-0.2, -0.15) is 0 Å². The summed E-state index contributed by atoms with van der Waals surface area (Å²) in [6.07, 6.45) is 6.85. The van der Waals surface area contributed by atoms with Crippen LogP contribution in [-0.2, 0) is 0 Å². The average molecular weight is 337 g/mol. The van der Waals surface area contributed by atoms with Crippen LogP contribution < -0.4 is 5.32 Å². The maximum absolute atomic E-state index is 3.70. The van der Waals surface area contributed by atoms with Gasteiger partial charge in [0.2, 0.25) is 0 Å². The highest BCUT2D eigenvalue weighted by Crippen LogP contribution is 2.35. The first-order chi connectivity index (χ1) is 9.74. The van der Waals surface area contributed by atoms with Crippen molar-refractivity contribution in [2.75, 3.05) is 13.1 Å². The Hall–Kier alpha value is -0.380. The fourth-order valence-electron chi connectivity index (χ4n) is 3.30. The third-order valence-electron chi connectivity index (χ3n) is 4.71. The molecular formula is C17H25BrN2. The van der Waals surface area contributed by atoms with E-state index in [1.54, 1.807) is 0 Å². The Kier molecular flexibility index (Phi) is 4.79. The molecule has 2 fully saturated rings. The second kappa shape index (κ2) is 6.59. The minimum Gasteiger partial charge on any atom is -0.313 e. The Bertz CT molecular complexity index is 421. The van der Waals surface area contributed by atoms with Crippen molar-refractivity contribution in [3.63, 3.8) is 0 Å². The van der Waals surface area contributed by atoms with Gasteiger partial charge in [0.1, 0.15) is 0 Å². The van der Waals surface area contributed by atoms with E-state index in [4.69, 9.17) is 0 Å². The van der Waals surface area contributed by atoms with Crippen molar-refractivity contribution >= 4 is 15.9 Å². The Labute approximate surface area is 131 Å². The SMILES string of the molecule is CC(c1ccc(Br)cc1)N(CC1CCCCN1)C1CC1. The van der Waals surface area contributed by atoms with Crippen LogP contribution in [0, 0.1) is 0 Å². The fourth-order valence-corrected chi connectivity index (χ4v) is 3.56. The zero-order chi connectivity index (χ0) is 13.9. The number of hydrogen-bond acceptors (Lipinski definition) is 2. The molecule has 0 bridgehead atoms. The summed E-state index contributed by atoms with van der Waals surface area (Å²) in [5.41, 5.74) is 1.44. The van der Waals surface area contributed by atoms with Crippen LogP contribution in [0.2, 0.25) is 0 Å². The molecule has 2 atom stereocenters. The Morgan fingerprint density at radius 2 is 1.95 bits per heavy atom. The van der Waals surface area contributed by atoms with E-state index >= 15 is 0 Å². The van der Waals surface area contributed by atoms with E-state index in [9.17, 15) is 0 Å². The van der Waals surface area contributed by atoms with E-state index < -0.39 is 0 Å². The third kappa shape index (κ3) is 3.63. The summed E-state index contributed by atoms with van der Waals surface area (Å²) in [7, 11) is 0. The van der Waals surface area contributed by atoms with Crippen LogP contribution in [0.3, 0.4) is 0 Å². The first-order valence-electron chi connectivity index (χ1n) is 7.98. The van der Waals surface area contributed by atoms with Crippen LogP contribution in [0.15, 0.2) is 28.7 Å². The lowest BCUT2D eigenvalue weighted by atomic mass is 10.0. The lowest BCUT2D eigenvalue weighted by Crippen LogP contribution is -2.45. The maximum atomic E-state index is 3.70. The Balaban J connectivity index is 1.67. The van der Waals surface area contributed by atoms with Gasteiger partial charge < -0.3 is 5.32 Å². The smallest absolute Gasteiger partial charge is 0.0323 e. The number of piperidine rings is 1. The molecule has 110 valence electrons. The molecule has 2 unspecified atom stereocenters. The molecule has 2 aliphatic rings. The standard InChI is InChI=1S/C17H25BrN2/c1-13(14-5-7-15(18)8-6-14)20(17-9-10-17)12-16-4-2-3-11-19-16/h5-8,13,16-17,19H,2-4,9-12H2,1H3. The van der Waals surface area contributed by atoms with Crippen molar-refractivity contribution in [3.05, 3.63) is 34.3 Å². The predicted octanol–water partition coefficient (Wildman–Crippen LogP) is 4.12. The van der Waals surface area contributed by atoms with Crippen molar-refractivity contribution in [3.8, 4) is 0 Å². The zero-order valence-electron chi connectivity index (χ0n) is 12.3. The molecule has 1 aliphatic heterocycles. The van der Waals surface area contributed by atoms with Crippen LogP contribution in [0.25, 0.3) is 0 Å². The van der Waals surface area contributed by atoms with Gasteiger partial charge in [0.15, 0.2) is 0 Å². The van der Waals surface area contributed by atoms with Crippen LogP contribution in [0.4, 0.5) is 0 Å². The van der Waals surface area contributed by atoms with Crippen molar-refractivity contribution in [1.82, 2.24) is 10.2 Å². The molecule has 1 saturated heterocycles. The molecular weight excluding hydrogens is 312 g/mol. The highest BCUT2D eigenvalue weighted by Gasteiger charge is 2.34. The molecule has 2 nitrogen and oxygen atoms in total. The molecule has 3 heteroatoms. The van der Waals surface area contributed by atoms with Crippen LogP contribution in [0.5, 0.6) is 0 Å². The highest BCUT2D eigenvalue weighted by atomic mass is 79.9. The van der Waals surface area contributed by atoms with Gasteiger partial charge in [-0.25, -0.2) is 0 Å². The number of nitrogens with zero attached hydrogens (tertiary/aromatic N) is 1. The summed E-state index contributed by atoms with van der Waals surface area (Å²) in [5.74, 6) is 0. The largest absolute Gasteiger partial charge is 0.313 e. The summed E-state index contributed by atoms with van der Waals surface area (Å²) in [4.78, 5) is 2.73. The fraction of sp³-hybridized carbons (Fsp3) is 0.647. The molecule has 20 heavy (non-hydrogen) atoms. The normalized spacial score (nSPS) is 24.9. The summed E-state index contributed by atoms with van der Waals surface area (Å²) in [6, 6.07) is 10.9. The Morgan fingerprint density at radius 3 is 2.55 bits per heavy atom. The minimum absolute atomic E-state index is 0.527. The second-order valence-electron chi connectivity index (χ2n) is 6.30. The topological polar surface area (TPSA) is 15.3 Å². The van der Waals surface area contributed by atoms with Gasteiger partial charge >= 0.3 is 0 Å². The summed E-state index contributed by atoms with van der Waals surface area (Å²) < 4.78 is 1.17. The molecule has 1 N–H and O–H groups in total. The lowest BCUT2D eigenvalue weighted by molar-refractivity contribution is 0.167. The van der Waals surface area contributed by atoms with Gasteiger partial charge in [0.25, 0.3) is 0 Å². The van der Waals surface area contributed by atoms with Crippen LogP contribution in [-0.4, -0.2) is 30.1 Å². The van der Waals surface area contributed by atoms with E-state index in [0.29, 0.717) is 12.1 Å². The number of rotatable bonds is 5. The quantitative estimate of drug-likeness (QED) is 0.870.